The predicted octanol–water partition coefficient (Wildman–Crippen LogP) is 2.89. The molecule has 1 rings (SSSR count). The van der Waals surface area contributed by atoms with Crippen molar-refractivity contribution in [1.82, 2.24) is 9.80 Å². The minimum Gasteiger partial charge on any atom is -0.434 e. The third-order valence-electron chi connectivity index (χ3n) is 2.38. The second-order valence-electron chi connectivity index (χ2n) is 4.39. The molecule has 20 heavy (non-hydrogen) atoms. The lowest BCUT2D eigenvalue weighted by atomic mass is 10.2. The van der Waals surface area contributed by atoms with Crippen LogP contribution in [0.4, 0.5) is 8.78 Å². The summed E-state index contributed by atoms with van der Waals surface area (Å²) in [6.07, 6.45) is 0. The molecule has 0 aliphatic carbocycles. The van der Waals surface area contributed by atoms with Gasteiger partial charge in [0.15, 0.2) is 5.96 Å². The number of aliphatic imine (C=N–C) groups is 1. The first-order valence-corrected chi connectivity index (χ1v) is 5.83. The van der Waals surface area contributed by atoms with Gasteiger partial charge in [-0.15, -0.1) is 24.0 Å². The van der Waals surface area contributed by atoms with E-state index in [-0.39, 0.29) is 36.3 Å². The molecule has 0 saturated heterocycles. The van der Waals surface area contributed by atoms with E-state index in [4.69, 9.17) is 0 Å². The fraction of sp³-hybridized carbons (Fsp3) is 0.462. The minimum atomic E-state index is -2.83. The van der Waals surface area contributed by atoms with Gasteiger partial charge in [0.2, 0.25) is 0 Å². The highest BCUT2D eigenvalue weighted by atomic mass is 127. The van der Waals surface area contributed by atoms with Crippen molar-refractivity contribution in [1.29, 1.82) is 0 Å². The van der Waals surface area contributed by atoms with Gasteiger partial charge in [-0.1, -0.05) is 18.2 Å². The fourth-order valence-corrected chi connectivity index (χ4v) is 1.68. The zero-order chi connectivity index (χ0) is 14.4. The number of hydrogen-bond acceptors (Lipinski definition) is 2. The number of benzene rings is 1. The van der Waals surface area contributed by atoms with Crippen LogP contribution < -0.4 is 4.74 Å². The Morgan fingerprint density at radius 1 is 1.15 bits per heavy atom. The number of guanidine groups is 1. The zero-order valence-corrected chi connectivity index (χ0v) is 14.3. The topological polar surface area (TPSA) is 28.1 Å². The molecule has 0 N–H and O–H groups in total. The van der Waals surface area contributed by atoms with Gasteiger partial charge in [0.1, 0.15) is 5.75 Å². The molecule has 0 spiro atoms. The van der Waals surface area contributed by atoms with E-state index in [9.17, 15) is 8.78 Å². The lowest BCUT2D eigenvalue weighted by Crippen LogP contribution is -2.35. The Morgan fingerprint density at radius 3 is 2.20 bits per heavy atom. The van der Waals surface area contributed by atoms with Crippen molar-refractivity contribution in [2.75, 3.05) is 28.2 Å². The maximum atomic E-state index is 12.3. The van der Waals surface area contributed by atoms with Crippen LogP contribution >= 0.6 is 24.0 Å². The molecule has 0 bridgehead atoms. The van der Waals surface area contributed by atoms with Gasteiger partial charge in [0, 0.05) is 33.8 Å². The smallest absolute Gasteiger partial charge is 0.387 e. The van der Waals surface area contributed by atoms with Crippen LogP contribution in [-0.2, 0) is 6.54 Å². The first kappa shape index (κ1) is 18.9. The monoisotopic (exact) mass is 399 g/mol. The van der Waals surface area contributed by atoms with Gasteiger partial charge < -0.3 is 14.5 Å². The van der Waals surface area contributed by atoms with Crippen molar-refractivity contribution in [3.8, 4) is 5.75 Å². The maximum Gasteiger partial charge on any atom is 0.387 e. The summed E-state index contributed by atoms with van der Waals surface area (Å²) in [5.41, 5.74) is 0.629. The first-order chi connectivity index (χ1) is 8.91. The van der Waals surface area contributed by atoms with Crippen LogP contribution in [0.1, 0.15) is 5.56 Å². The molecule has 0 aromatic heterocycles. The van der Waals surface area contributed by atoms with Crippen LogP contribution in [0.25, 0.3) is 0 Å². The Bertz CT molecular complexity index is 429. The SMILES string of the molecule is CN(C)C(=NCc1ccccc1OC(F)F)N(C)C.I. The van der Waals surface area contributed by atoms with Gasteiger partial charge in [-0.3, -0.25) is 0 Å². The number of ether oxygens (including phenoxy) is 1. The molecule has 4 nitrogen and oxygen atoms in total. The van der Waals surface area contributed by atoms with E-state index < -0.39 is 6.61 Å². The van der Waals surface area contributed by atoms with Crippen molar-refractivity contribution >= 4 is 29.9 Å². The van der Waals surface area contributed by atoms with Crippen LogP contribution in [0.2, 0.25) is 0 Å². The van der Waals surface area contributed by atoms with E-state index in [1.165, 1.54) is 6.07 Å². The lowest BCUT2D eigenvalue weighted by Gasteiger charge is -2.22. The third kappa shape index (κ3) is 5.89. The van der Waals surface area contributed by atoms with Gasteiger partial charge >= 0.3 is 6.61 Å². The summed E-state index contributed by atoms with van der Waals surface area (Å²) in [7, 11) is 7.50. The number of halogens is 3. The van der Waals surface area contributed by atoms with E-state index in [0.717, 1.165) is 5.96 Å². The van der Waals surface area contributed by atoms with Crippen molar-refractivity contribution in [2.24, 2.45) is 4.99 Å². The fourth-order valence-electron chi connectivity index (χ4n) is 1.68. The molecule has 0 aliphatic rings. The van der Waals surface area contributed by atoms with Gasteiger partial charge in [0.25, 0.3) is 0 Å². The Kier molecular flexibility index (Phi) is 8.43. The van der Waals surface area contributed by atoms with E-state index in [2.05, 4.69) is 9.73 Å². The van der Waals surface area contributed by atoms with Crippen LogP contribution in [0, 0.1) is 0 Å². The highest BCUT2D eigenvalue weighted by Crippen LogP contribution is 2.21. The van der Waals surface area contributed by atoms with Gasteiger partial charge in [0.05, 0.1) is 6.54 Å². The second-order valence-corrected chi connectivity index (χ2v) is 4.39. The Hall–Kier alpha value is -1.12. The molecule has 0 heterocycles. The summed E-state index contributed by atoms with van der Waals surface area (Å²) in [6.45, 7) is -2.54. The van der Waals surface area contributed by atoms with Crippen molar-refractivity contribution in [3.05, 3.63) is 29.8 Å². The van der Waals surface area contributed by atoms with E-state index >= 15 is 0 Å². The average molecular weight is 399 g/mol. The maximum absolute atomic E-state index is 12.3. The first-order valence-electron chi connectivity index (χ1n) is 5.83. The molecule has 1 aromatic rings. The lowest BCUT2D eigenvalue weighted by molar-refractivity contribution is -0.0504. The summed E-state index contributed by atoms with van der Waals surface area (Å²) in [6, 6.07) is 6.67. The van der Waals surface area contributed by atoms with Gasteiger partial charge in [-0.05, 0) is 6.07 Å². The van der Waals surface area contributed by atoms with Crippen LogP contribution in [0.15, 0.2) is 29.3 Å². The molecule has 0 aliphatic heterocycles. The van der Waals surface area contributed by atoms with Crippen LogP contribution in [0.3, 0.4) is 0 Å². The van der Waals surface area contributed by atoms with Crippen LogP contribution in [-0.4, -0.2) is 50.6 Å². The van der Waals surface area contributed by atoms with Gasteiger partial charge in [-0.2, -0.15) is 8.78 Å². The summed E-state index contributed by atoms with van der Waals surface area (Å²) < 4.78 is 29.0. The summed E-state index contributed by atoms with van der Waals surface area (Å²) in [5.74, 6) is 0.921. The highest BCUT2D eigenvalue weighted by Gasteiger charge is 2.10. The number of nitrogens with zero attached hydrogens (tertiary/aromatic N) is 3. The van der Waals surface area contributed by atoms with Crippen LogP contribution in [0.5, 0.6) is 5.75 Å². The molecule has 0 fully saturated rings. The molecule has 1 aromatic carbocycles. The van der Waals surface area contributed by atoms with Crippen molar-refractivity contribution in [2.45, 2.75) is 13.2 Å². The number of hydrogen-bond donors (Lipinski definition) is 0. The number of alkyl halides is 2. The van der Waals surface area contributed by atoms with E-state index in [0.29, 0.717) is 5.56 Å². The predicted molar refractivity (Wildman–Crippen MR) is 87.0 cm³/mol. The number of para-hydroxylation sites is 1. The molecular formula is C13H20F2IN3O. The second kappa shape index (κ2) is 8.93. The Labute approximate surface area is 135 Å². The number of rotatable bonds is 4. The normalized spacial score (nSPS) is 9.75. The molecule has 114 valence electrons. The minimum absolute atomic E-state index is 0. The van der Waals surface area contributed by atoms with Gasteiger partial charge in [-0.25, -0.2) is 4.99 Å². The molecule has 0 radical (unpaired) electrons. The third-order valence-corrected chi connectivity index (χ3v) is 2.38. The summed E-state index contributed by atoms with van der Waals surface area (Å²) >= 11 is 0. The standard InChI is InChI=1S/C13H19F2N3O.HI/c1-17(2)13(18(3)4)16-9-10-7-5-6-8-11(10)19-12(14)15;/h5-8,12H,9H2,1-4H3;1H. The summed E-state index contributed by atoms with van der Waals surface area (Å²) in [4.78, 5) is 8.12. The molecule has 0 amide bonds. The quantitative estimate of drug-likeness (QED) is 0.443. The van der Waals surface area contributed by atoms with E-state index in [1.54, 1.807) is 18.2 Å². The molecule has 0 saturated carbocycles. The largest absolute Gasteiger partial charge is 0.434 e. The van der Waals surface area contributed by atoms with E-state index in [1.807, 2.05) is 38.0 Å². The Balaban J connectivity index is 0.00000361. The van der Waals surface area contributed by atoms with Crippen molar-refractivity contribution in [3.63, 3.8) is 0 Å². The summed E-state index contributed by atoms with van der Waals surface area (Å²) in [5, 5.41) is 0. The Morgan fingerprint density at radius 2 is 1.70 bits per heavy atom. The molecular weight excluding hydrogens is 379 g/mol. The van der Waals surface area contributed by atoms with Crippen molar-refractivity contribution < 1.29 is 13.5 Å². The molecule has 7 heteroatoms. The zero-order valence-electron chi connectivity index (χ0n) is 12.0. The molecule has 0 atom stereocenters. The highest BCUT2D eigenvalue weighted by molar-refractivity contribution is 14.0. The molecule has 0 unspecified atom stereocenters. The average Bonchev–Trinajstić information content (AvgIpc) is 2.29.